The third-order valence-corrected chi connectivity index (χ3v) is 4.33. The van der Waals surface area contributed by atoms with Gasteiger partial charge in [-0.15, -0.1) is 10.2 Å². The molecule has 0 aliphatic heterocycles. The first-order valence-electron chi connectivity index (χ1n) is 7.77. The van der Waals surface area contributed by atoms with Crippen LogP contribution in [0.2, 0.25) is 0 Å². The summed E-state index contributed by atoms with van der Waals surface area (Å²) in [6.45, 7) is 5.38. The summed E-state index contributed by atoms with van der Waals surface area (Å²) >= 11 is 1.49. The average molecular weight is 341 g/mol. The van der Waals surface area contributed by atoms with Crippen LogP contribution in [0.25, 0.3) is 11.4 Å². The molecule has 0 radical (unpaired) electrons. The summed E-state index contributed by atoms with van der Waals surface area (Å²) in [5.74, 6) is 1.57. The first-order valence-corrected chi connectivity index (χ1v) is 8.59. The van der Waals surface area contributed by atoms with Gasteiger partial charge in [-0.05, 0) is 50.4 Å². The van der Waals surface area contributed by atoms with E-state index in [0.717, 1.165) is 33.8 Å². The number of aryl methyl sites for hydroxylation is 1. The van der Waals surface area contributed by atoms with Gasteiger partial charge in [-0.3, -0.25) is 4.98 Å². The molecule has 0 saturated carbocycles. The minimum absolute atomic E-state index is 0.556. The van der Waals surface area contributed by atoms with Crippen molar-refractivity contribution in [2.24, 2.45) is 5.73 Å². The van der Waals surface area contributed by atoms with Gasteiger partial charge in [0, 0.05) is 36.6 Å². The first kappa shape index (κ1) is 16.5. The maximum atomic E-state index is 5.64. The second-order valence-electron chi connectivity index (χ2n) is 5.20. The van der Waals surface area contributed by atoms with Crippen molar-refractivity contribution in [3.63, 3.8) is 0 Å². The number of pyridine rings is 1. The number of hydrogen-bond acceptors (Lipinski definition) is 7. The zero-order valence-electron chi connectivity index (χ0n) is 13.7. The second-order valence-corrected chi connectivity index (χ2v) is 6.18. The summed E-state index contributed by atoms with van der Waals surface area (Å²) in [6.07, 6.45) is 4.21. The zero-order valence-corrected chi connectivity index (χ0v) is 14.5. The highest BCUT2D eigenvalue weighted by Gasteiger charge is 2.14. The molecule has 124 valence electrons. The molecule has 3 heterocycles. The van der Waals surface area contributed by atoms with Gasteiger partial charge in [0.1, 0.15) is 10.9 Å². The molecule has 0 unspecified atom stereocenters. The maximum Gasteiger partial charge on any atom is 0.197 e. The number of nitrogens with two attached hydrogens (primary N) is 1. The standard InChI is InChI=1S/C16H19N7S/c1-3-23-13(6-7-17)21-22-16(23)24-14-9-11(2)19-15(20-14)12-5-4-8-18-10-12/h4-5,8-10H,3,6-7,17H2,1-2H3. The van der Waals surface area contributed by atoms with Gasteiger partial charge in [0.2, 0.25) is 0 Å². The van der Waals surface area contributed by atoms with Crippen LogP contribution in [-0.2, 0) is 13.0 Å². The third-order valence-electron chi connectivity index (χ3n) is 3.42. The van der Waals surface area contributed by atoms with E-state index in [1.165, 1.54) is 11.8 Å². The molecule has 0 spiro atoms. The maximum absolute atomic E-state index is 5.64. The van der Waals surface area contributed by atoms with Gasteiger partial charge in [-0.1, -0.05) is 0 Å². The Morgan fingerprint density at radius 3 is 2.83 bits per heavy atom. The highest BCUT2D eigenvalue weighted by Crippen LogP contribution is 2.27. The zero-order chi connectivity index (χ0) is 16.9. The van der Waals surface area contributed by atoms with E-state index in [0.29, 0.717) is 18.8 Å². The van der Waals surface area contributed by atoms with Gasteiger partial charge in [-0.2, -0.15) is 0 Å². The molecule has 3 aromatic rings. The average Bonchev–Trinajstić information content (AvgIpc) is 2.97. The predicted molar refractivity (Wildman–Crippen MR) is 92.6 cm³/mol. The fourth-order valence-corrected chi connectivity index (χ4v) is 3.31. The van der Waals surface area contributed by atoms with Crippen molar-refractivity contribution in [2.75, 3.05) is 6.54 Å². The van der Waals surface area contributed by atoms with Gasteiger partial charge in [-0.25, -0.2) is 9.97 Å². The summed E-state index contributed by atoms with van der Waals surface area (Å²) in [5.41, 5.74) is 7.43. The van der Waals surface area contributed by atoms with Crippen molar-refractivity contribution in [2.45, 2.75) is 37.0 Å². The van der Waals surface area contributed by atoms with E-state index in [-0.39, 0.29) is 0 Å². The largest absolute Gasteiger partial charge is 0.330 e. The molecule has 3 rings (SSSR count). The minimum atomic E-state index is 0.556. The normalized spacial score (nSPS) is 11.0. The summed E-state index contributed by atoms with van der Waals surface area (Å²) < 4.78 is 2.07. The lowest BCUT2D eigenvalue weighted by molar-refractivity contribution is 0.639. The summed E-state index contributed by atoms with van der Waals surface area (Å²) in [7, 11) is 0. The van der Waals surface area contributed by atoms with Crippen LogP contribution >= 0.6 is 11.8 Å². The van der Waals surface area contributed by atoms with Crippen LogP contribution in [0.3, 0.4) is 0 Å². The highest BCUT2D eigenvalue weighted by atomic mass is 32.2. The summed E-state index contributed by atoms with van der Waals surface area (Å²) in [4.78, 5) is 13.3. The van der Waals surface area contributed by atoms with Crippen molar-refractivity contribution in [3.05, 3.63) is 42.1 Å². The lowest BCUT2D eigenvalue weighted by Crippen LogP contribution is -2.10. The Hall–Kier alpha value is -2.32. The Kier molecular flexibility index (Phi) is 5.17. The molecule has 3 aromatic heterocycles. The molecule has 7 nitrogen and oxygen atoms in total. The van der Waals surface area contributed by atoms with Crippen LogP contribution in [0.5, 0.6) is 0 Å². The first-order chi connectivity index (χ1) is 11.7. The monoisotopic (exact) mass is 341 g/mol. The Balaban J connectivity index is 1.92. The van der Waals surface area contributed by atoms with Gasteiger partial charge < -0.3 is 10.3 Å². The Morgan fingerprint density at radius 2 is 2.12 bits per heavy atom. The van der Waals surface area contributed by atoms with Crippen LogP contribution < -0.4 is 5.73 Å². The molecule has 24 heavy (non-hydrogen) atoms. The Morgan fingerprint density at radius 1 is 1.25 bits per heavy atom. The minimum Gasteiger partial charge on any atom is -0.330 e. The van der Waals surface area contributed by atoms with Gasteiger partial charge in [0.25, 0.3) is 0 Å². The van der Waals surface area contributed by atoms with Crippen LogP contribution in [0.4, 0.5) is 0 Å². The number of hydrogen-bond donors (Lipinski definition) is 1. The number of rotatable bonds is 6. The van der Waals surface area contributed by atoms with Gasteiger partial charge in [0.05, 0.1) is 0 Å². The van der Waals surface area contributed by atoms with E-state index in [9.17, 15) is 0 Å². The van der Waals surface area contributed by atoms with Crippen LogP contribution in [-0.4, -0.2) is 36.3 Å². The fraction of sp³-hybridized carbons (Fsp3) is 0.312. The molecule has 8 heteroatoms. The Labute approximate surface area is 144 Å². The number of nitrogens with zero attached hydrogens (tertiary/aromatic N) is 6. The predicted octanol–water partition coefficient (Wildman–Crippen LogP) is 2.11. The number of aromatic nitrogens is 6. The van der Waals surface area contributed by atoms with Crippen molar-refractivity contribution >= 4 is 11.8 Å². The van der Waals surface area contributed by atoms with Gasteiger partial charge >= 0.3 is 0 Å². The van der Waals surface area contributed by atoms with E-state index >= 15 is 0 Å². The van der Waals surface area contributed by atoms with Crippen molar-refractivity contribution in [3.8, 4) is 11.4 Å². The third kappa shape index (κ3) is 3.60. The van der Waals surface area contributed by atoms with Crippen LogP contribution in [0.1, 0.15) is 18.4 Å². The SMILES string of the molecule is CCn1c(CCN)nnc1Sc1cc(C)nc(-c2cccnc2)n1. The molecule has 0 aromatic carbocycles. The quantitative estimate of drug-likeness (QED) is 0.686. The molecule has 0 atom stereocenters. The van der Waals surface area contributed by atoms with Crippen molar-refractivity contribution in [1.29, 1.82) is 0 Å². The molecule has 0 fully saturated rings. The summed E-state index contributed by atoms with van der Waals surface area (Å²) in [6, 6.07) is 5.77. The van der Waals surface area contributed by atoms with E-state index in [1.54, 1.807) is 12.4 Å². The topological polar surface area (TPSA) is 95.4 Å². The van der Waals surface area contributed by atoms with E-state index in [2.05, 4.69) is 36.6 Å². The second kappa shape index (κ2) is 7.50. The van der Waals surface area contributed by atoms with Crippen molar-refractivity contribution < 1.29 is 0 Å². The fourth-order valence-electron chi connectivity index (χ4n) is 2.34. The van der Waals surface area contributed by atoms with Gasteiger partial charge in [0.15, 0.2) is 11.0 Å². The highest BCUT2D eigenvalue weighted by molar-refractivity contribution is 7.99. The molecular weight excluding hydrogens is 322 g/mol. The molecule has 0 bridgehead atoms. The van der Waals surface area contributed by atoms with E-state index < -0.39 is 0 Å². The summed E-state index contributed by atoms with van der Waals surface area (Å²) in [5, 5.41) is 10.2. The molecule has 0 amide bonds. The molecule has 0 aliphatic rings. The van der Waals surface area contributed by atoms with E-state index in [1.807, 2.05) is 25.1 Å². The lowest BCUT2D eigenvalue weighted by Gasteiger charge is -2.08. The smallest absolute Gasteiger partial charge is 0.197 e. The van der Waals surface area contributed by atoms with Crippen LogP contribution in [0, 0.1) is 6.92 Å². The molecular formula is C16H19N7S. The lowest BCUT2D eigenvalue weighted by atomic mass is 10.2. The van der Waals surface area contributed by atoms with E-state index in [4.69, 9.17) is 5.73 Å². The van der Waals surface area contributed by atoms with Crippen LogP contribution in [0.15, 0.2) is 40.8 Å². The molecule has 2 N–H and O–H groups in total. The molecule has 0 aliphatic carbocycles. The van der Waals surface area contributed by atoms with Crippen molar-refractivity contribution in [1.82, 2.24) is 29.7 Å². The molecule has 0 saturated heterocycles. The Bertz CT molecular complexity index is 817.